The second kappa shape index (κ2) is 7.32. The van der Waals surface area contributed by atoms with Crippen LogP contribution in [-0.2, 0) is 4.79 Å². The van der Waals surface area contributed by atoms with E-state index in [0.717, 1.165) is 34.3 Å². The van der Waals surface area contributed by atoms with Crippen LogP contribution in [0.1, 0.15) is 22.6 Å². The van der Waals surface area contributed by atoms with Gasteiger partial charge in [0.2, 0.25) is 5.91 Å². The lowest BCUT2D eigenvalue weighted by Crippen LogP contribution is -2.35. The number of thioether (sulfide) groups is 1. The van der Waals surface area contributed by atoms with E-state index in [4.69, 9.17) is 4.42 Å². The summed E-state index contributed by atoms with van der Waals surface area (Å²) in [6, 6.07) is 5.11. The van der Waals surface area contributed by atoms with Gasteiger partial charge in [-0.05, 0) is 39.3 Å². The van der Waals surface area contributed by atoms with Crippen molar-refractivity contribution < 1.29 is 14.0 Å². The predicted molar refractivity (Wildman–Crippen MR) is 89.8 cm³/mol. The average molecular weight is 333 g/mol. The number of carbonyl (C=O) groups excluding carboxylic acids is 2. The zero-order valence-electron chi connectivity index (χ0n) is 13.5. The van der Waals surface area contributed by atoms with Crippen LogP contribution >= 0.6 is 11.8 Å². The molecule has 0 fully saturated rings. The van der Waals surface area contributed by atoms with Crippen LogP contribution < -0.4 is 10.6 Å². The van der Waals surface area contributed by atoms with E-state index in [9.17, 15) is 9.59 Å². The van der Waals surface area contributed by atoms with Crippen LogP contribution in [0.2, 0.25) is 0 Å². The van der Waals surface area contributed by atoms with Crippen molar-refractivity contribution in [1.29, 1.82) is 0 Å². The standard InChI is InChI=1S/C16H19N3O3S/c1-9-5-6-13(10(2)7-9)18-15(21)19-14(20)8-23-16-17-11(3)12(4)22-16/h5-7H,8H2,1-4H3,(H2,18,19,20,21). The number of benzene rings is 1. The molecule has 0 aliphatic heterocycles. The number of imide groups is 1. The number of oxazole rings is 1. The molecule has 7 heteroatoms. The number of hydrogen-bond acceptors (Lipinski definition) is 5. The number of hydrogen-bond donors (Lipinski definition) is 2. The first-order valence-electron chi connectivity index (χ1n) is 7.10. The molecule has 2 aromatic rings. The molecule has 1 heterocycles. The lowest BCUT2D eigenvalue weighted by molar-refractivity contribution is -0.117. The summed E-state index contributed by atoms with van der Waals surface area (Å²) in [7, 11) is 0. The van der Waals surface area contributed by atoms with Gasteiger partial charge in [0.05, 0.1) is 11.4 Å². The quantitative estimate of drug-likeness (QED) is 0.838. The highest BCUT2D eigenvalue weighted by Gasteiger charge is 2.12. The number of carbonyl (C=O) groups is 2. The molecule has 0 spiro atoms. The zero-order valence-corrected chi connectivity index (χ0v) is 14.3. The Bertz CT molecular complexity index is 721. The molecule has 23 heavy (non-hydrogen) atoms. The van der Waals surface area contributed by atoms with Crippen LogP contribution in [0.4, 0.5) is 10.5 Å². The first-order chi connectivity index (χ1) is 10.8. The molecule has 0 unspecified atom stereocenters. The van der Waals surface area contributed by atoms with Crippen LogP contribution in [0, 0.1) is 27.7 Å². The first-order valence-corrected chi connectivity index (χ1v) is 8.08. The van der Waals surface area contributed by atoms with E-state index in [2.05, 4.69) is 15.6 Å². The normalized spacial score (nSPS) is 10.4. The fourth-order valence-electron chi connectivity index (χ4n) is 1.90. The maximum Gasteiger partial charge on any atom is 0.325 e. The van der Waals surface area contributed by atoms with Crippen molar-refractivity contribution in [1.82, 2.24) is 10.3 Å². The van der Waals surface area contributed by atoms with E-state index in [1.54, 1.807) is 0 Å². The maximum atomic E-state index is 11.8. The molecule has 0 radical (unpaired) electrons. The summed E-state index contributed by atoms with van der Waals surface area (Å²) in [6.45, 7) is 7.52. The molecule has 0 saturated heterocycles. The van der Waals surface area contributed by atoms with Crippen LogP contribution in [0.15, 0.2) is 27.8 Å². The highest BCUT2D eigenvalue weighted by molar-refractivity contribution is 7.99. The summed E-state index contributed by atoms with van der Waals surface area (Å²) in [6.07, 6.45) is 0. The molecule has 0 bridgehead atoms. The molecule has 0 atom stereocenters. The Morgan fingerprint density at radius 2 is 1.96 bits per heavy atom. The highest BCUT2D eigenvalue weighted by atomic mass is 32.2. The van der Waals surface area contributed by atoms with Gasteiger partial charge in [-0.25, -0.2) is 9.78 Å². The summed E-state index contributed by atoms with van der Waals surface area (Å²) in [4.78, 5) is 27.8. The smallest absolute Gasteiger partial charge is 0.325 e. The SMILES string of the molecule is Cc1ccc(NC(=O)NC(=O)CSc2nc(C)c(C)o2)c(C)c1. The van der Waals surface area contributed by atoms with Gasteiger partial charge in [-0.2, -0.15) is 0 Å². The third kappa shape index (κ3) is 4.85. The number of nitrogens with zero attached hydrogens (tertiary/aromatic N) is 1. The molecule has 1 aromatic carbocycles. The number of rotatable bonds is 4. The van der Waals surface area contributed by atoms with E-state index >= 15 is 0 Å². The molecule has 2 N–H and O–H groups in total. The van der Waals surface area contributed by atoms with Crippen molar-refractivity contribution in [3.05, 3.63) is 40.8 Å². The van der Waals surface area contributed by atoms with Crippen LogP contribution in [-0.4, -0.2) is 22.7 Å². The number of aryl methyl sites for hydroxylation is 4. The summed E-state index contributed by atoms with van der Waals surface area (Å²) in [5.41, 5.74) is 3.51. The number of aromatic nitrogens is 1. The van der Waals surface area contributed by atoms with Gasteiger partial charge < -0.3 is 9.73 Å². The Kier molecular flexibility index (Phi) is 5.44. The molecule has 2 rings (SSSR count). The fraction of sp³-hybridized carbons (Fsp3) is 0.312. The van der Waals surface area contributed by atoms with Crippen LogP contribution in [0.25, 0.3) is 0 Å². The molecule has 1 aromatic heterocycles. The molecular formula is C16H19N3O3S. The largest absolute Gasteiger partial charge is 0.437 e. The second-order valence-corrected chi connectivity index (χ2v) is 6.16. The van der Waals surface area contributed by atoms with Crippen LogP contribution in [0.5, 0.6) is 0 Å². The Morgan fingerprint density at radius 3 is 2.57 bits per heavy atom. The van der Waals surface area contributed by atoms with Gasteiger partial charge >= 0.3 is 6.03 Å². The van der Waals surface area contributed by atoms with Crippen LogP contribution in [0.3, 0.4) is 0 Å². The molecule has 3 amide bonds. The van der Waals surface area contributed by atoms with Crippen molar-refractivity contribution in [2.24, 2.45) is 0 Å². The third-order valence-corrected chi connectivity index (χ3v) is 4.05. The Balaban J connectivity index is 1.83. The summed E-state index contributed by atoms with van der Waals surface area (Å²) in [5.74, 6) is 0.367. The Morgan fingerprint density at radius 1 is 1.22 bits per heavy atom. The minimum atomic E-state index is -0.553. The Labute approximate surface area is 139 Å². The van der Waals surface area contributed by atoms with Gasteiger partial charge in [0.25, 0.3) is 5.22 Å². The molecule has 122 valence electrons. The maximum absolute atomic E-state index is 11.8. The van der Waals surface area contributed by atoms with Gasteiger partial charge in [0.1, 0.15) is 5.76 Å². The predicted octanol–water partition coefficient (Wildman–Crippen LogP) is 3.35. The zero-order chi connectivity index (χ0) is 17.0. The lowest BCUT2D eigenvalue weighted by atomic mass is 10.1. The van der Waals surface area contributed by atoms with E-state index in [1.807, 2.05) is 45.9 Å². The summed E-state index contributed by atoms with van der Waals surface area (Å²) < 4.78 is 5.36. The Hall–Kier alpha value is -2.28. The number of nitrogens with one attached hydrogen (secondary N) is 2. The lowest BCUT2D eigenvalue weighted by Gasteiger charge is -2.09. The van der Waals surface area contributed by atoms with Gasteiger partial charge in [-0.1, -0.05) is 29.5 Å². The molecule has 6 nitrogen and oxygen atoms in total. The van der Waals surface area contributed by atoms with E-state index in [0.29, 0.717) is 10.9 Å². The van der Waals surface area contributed by atoms with Gasteiger partial charge in [-0.15, -0.1) is 0 Å². The molecule has 0 aliphatic rings. The molecule has 0 saturated carbocycles. The van der Waals surface area contributed by atoms with E-state index in [-0.39, 0.29) is 5.75 Å². The monoisotopic (exact) mass is 333 g/mol. The van der Waals surface area contributed by atoms with Crippen molar-refractivity contribution in [3.63, 3.8) is 0 Å². The average Bonchev–Trinajstić information content (AvgIpc) is 2.79. The second-order valence-electron chi connectivity index (χ2n) is 5.23. The topological polar surface area (TPSA) is 84.2 Å². The van der Waals surface area contributed by atoms with Crippen molar-refractivity contribution in [3.8, 4) is 0 Å². The highest BCUT2D eigenvalue weighted by Crippen LogP contribution is 2.20. The van der Waals surface area contributed by atoms with Gasteiger partial charge in [-0.3, -0.25) is 10.1 Å². The fourth-order valence-corrected chi connectivity index (χ4v) is 2.61. The number of anilines is 1. The van der Waals surface area contributed by atoms with Gasteiger partial charge in [0, 0.05) is 5.69 Å². The molecule has 0 aliphatic carbocycles. The van der Waals surface area contributed by atoms with Crippen molar-refractivity contribution in [2.75, 3.05) is 11.1 Å². The van der Waals surface area contributed by atoms with Crippen molar-refractivity contribution in [2.45, 2.75) is 32.9 Å². The number of urea groups is 1. The third-order valence-electron chi connectivity index (χ3n) is 3.22. The minimum Gasteiger partial charge on any atom is -0.437 e. The van der Waals surface area contributed by atoms with E-state index < -0.39 is 11.9 Å². The minimum absolute atomic E-state index is 0.0553. The number of amides is 3. The summed E-state index contributed by atoms with van der Waals surface area (Å²) >= 11 is 1.15. The van der Waals surface area contributed by atoms with E-state index in [1.165, 1.54) is 0 Å². The molecular weight excluding hydrogens is 314 g/mol. The summed E-state index contributed by atoms with van der Waals surface area (Å²) in [5, 5.41) is 5.36. The van der Waals surface area contributed by atoms with Gasteiger partial charge in [0.15, 0.2) is 0 Å². The first kappa shape index (κ1) is 17.1. The van der Waals surface area contributed by atoms with Crippen molar-refractivity contribution >= 4 is 29.4 Å².